The van der Waals surface area contributed by atoms with Gasteiger partial charge in [-0.2, -0.15) is 0 Å². The summed E-state index contributed by atoms with van der Waals surface area (Å²) in [5.41, 5.74) is 0. The van der Waals surface area contributed by atoms with Gasteiger partial charge < -0.3 is 10.6 Å². The molecule has 14 heavy (non-hydrogen) atoms. The summed E-state index contributed by atoms with van der Waals surface area (Å²) in [7, 11) is 1.68. The molecular formula is C10H21N3O. The summed E-state index contributed by atoms with van der Waals surface area (Å²) in [5.74, 6) is 0.102. The maximum Gasteiger partial charge on any atom is 0.233 e. The molecule has 1 rings (SSSR count). The van der Waals surface area contributed by atoms with E-state index in [1.807, 2.05) is 0 Å². The van der Waals surface area contributed by atoms with E-state index in [0.29, 0.717) is 12.6 Å². The number of nitrogens with one attached hydrogen (secondary N) is 2. The van der Waals surface area contributed by atoms with Crippen LogP contribution in [-0.2, 0) is 4.79 Å². The van der Waals surface area contributed by atoms with Crippen LogP contribution in [0.4, 0.5) is 0 Å². The van der Waals surface area contributed by atoms with Crippen molar-refractivity contribution in [1.29, 1.82) is 0 Å². The molecule has 0 saturated carbocycles. The molecule has 0 aromatic rings. The largest absolute Gasteiger partial charge is 0.358 e. The van der Waals surface area contributed by atoms with Crippen molar-refractivity contribution >= 4 is 5.91 Å². The van der Waals surface area contributed by atoms with Gasteiger partial charge in [0.1, 0.15) is 0 Å². The van der Waals surface area contributed by atoms with Gasteiger partial charge in [-0.15, -0.1) is 0 Å². The number of likely N-dealkylation sites (N-methyl/N-ethyl adjacent to an activating group) is 2. The van der Waals surface area contributed by atoms with Crippen molar-refractivity contribution < 1.29 is 4.79 Å². The Bertz CT molecular complexity index is 178. The number of hydrogen-bond donors (Lipinski definition) is 2. The van der Waals surface area contributed by atoms with Gasteiger partial charge >= 0.3 is 0 Å². The van der Waals surface area contributed by atoms with Crippen LogP contribution in [0, 0.1) is 0 Å². The zero-order valence-electron chi connectivity index (χ0n) is 9.18. The maximum atomic E-state index is 11.2. The summed E-state index contributed by atoms with van der Waals surface area (Å²) in [6.07, 6.45) is 2.51. The van der Waals surface area contributed by atoms with Crippen LogP contribution in [0.25, 0.3) is 0 Å². The second-order valence-corrected chi connectivity index (χ2v) is 3.79. The molecule has 1 atom stereocenters. The van der Waals surface area contributed by atoms with Crippen molar-refractivity contribution in [2.75, 3.05) is 33.2 Å². The molecule has 4 heteroatoms. The van der Waals surface area contributed by atoms with Crippen LogP contribution in [0.3, 0.4) is 0 Å². The van der Waals surface area contributed by atoms with E-state index in [1.165, 1.54) is 12.8 Å². The van der Waals surface area contributed by atoms with Crippen molar-refractivity contribution in [3.05, 3.63) is 0 Å². The molecule has 1 amide bonds. The summed E-state index contributed by atoms with van der Waals surface area (Å²) in [6, 6.07) is 0.583. The smallest absolute Gasteiger partial charge is 0.233 e. The van der Waals surface area contributed by atoms with E-state index >= 15 is 0 Å². The van der Waals surface area contributed by atoms with Crippen LogP contribution in [0.15, 0.2) is 0 Å². The third-order valence-electron chi connectivity index (χ3n) is 2.73. The monoisotopic (exact) mass is 199 g/mol. The van der Waals surface area contributed by atoms with Gasteiger partial charge in [-0.25, -0.2) is 0 Å². The Morgan fingerprint density at radius 2 is 2.43 bits per heavy atom. The first kappa shape index (κ1) is 11.5. The lowest BCUT2D eigenvalue weighted by molar-refractivity contribution is -0.121. The van der Waals surface area contributed by atoms with Crippen LogP contribution < -0.4 is 10.6 Å². The van der Waals surface area contributed by atoms with Gasteiger partial charge in [0.05, 0.1) is 6.54 Å². The van der Waals surface area contributed by atoms with Gasteiger partial charge in [-0.05, 0) is 25.9 Å². The van der Waals surface area contributed by atoms with Gasteiger partial charge in [0.25, 0.3) is 0 Å². The molecule has 0 aliphatic carbocycles. The molecule has 0 radical (unpaired) electrons. The molecule has 1 fully saturated rings. The van der Waals surface area contributed by atoms with Gasteiger partial charge in [-0.3, -0.25) is 9.69 Å². The molecule has 1 aliphatic rings. The number of amides is 1. The molecule has 0 aromatic carbocycles. The molecule has 1 saturated heterocycles. The van der Waals surface area contributed by atoms with Crippen molar-refractivity contribution in [3.8, 4) is 0 Å². The Labute approximate surface area is 86.0 Å². The zero-order chi connectivity index (χ0) is 10.4. The van der Waals surface area contributed by atoms with E-state index in [0.717, 1.165) is 19.6 Å². The average Bonchev–Trinajstić information content (AvgIpc) is 2.69. The second kappa shape index (κ2) is 5.98. The van der Waals surface area contributed by atoms with Gasteiger partial charge in [-0.1, -0.05) is 6.92 Å². The molecule has 82 valence electrons. The van der Waals surface area contributed by atoms with Crippen LogP contribution in [0.1, 0.15) is 19.8 Å². The summed E-state index contributed by atoms with van der Waals surface area (Å²) in [6.45, 7) is 5.67. The van der Waals surface area contributed by atoms with Gasteiger partial charge in [0.2, 0.25) is 5.91 Å². The quantitative estimate of drug-likeness (QED) is 0.645. The van der Waals surface area contributed by atoms with E-state index in [-0.39, 0.29) is 5.91 Å². The Balaban J connectivity index is 2.26. The van der Waals surface area contributed by atoms with Gasteiger partial charge in [0.15, 0.2) is 0 Å². The first-order valence-electron chi connectivity index (χ1n) is 5.42. The highest BCUT2D eigenvalue weighted by Gasteiger charge is 2.17. The van der Waals surface area contributed by atoms with E-state index in [9.17, 15) is 4.79 Å². The highest BCUT2D eigenvalue weighted by molar-refractivity contribution is 5.77. The number of carbonyl (C=O) groups excluding carboxylic acids is 1. The fourth-order valence-corrected chi connectivity index (χ4v) is 1.81. The van der Waals surface area contributed by atoms with Crippen LogP contribution >= 0.6 is 0 Å². The van der Waals surface area contributed by atoms with Crippen molar-refractivity contribution in [3.63, 3.8) is 0 Å². The Morgan fingerprint density at radius 3 is 2.93 bits per heavy atom. The fraction of sp³-hybridized carbons (Fsp3) is 0.900. The first-order chi connectivity index (χ1) is 6.76. The molecule has 0 aromatic heterocycles. The summed E-state index contributed by atoms with van der Waals surface area (Å²) < 4.78 is 0. The number of carbonyl (C=O) groups is 1. The van der Waals surface area contributed by atoms with Crippen LogP contribution in [0.5, 0.6) is 0 Å². The molecule has 2 N–H and O–H groups in total. The third kappa shape index (κ3) is 3.64. The molecule has 1 aliphatic heterocycles. The molecule has 1 unspecified atom stereocenters. The highest BCUT2D eigenvalue weighted by atomic mass is 16.1. The predicted molar refractivity (Wildman–Crippen MR) is 57.2 cm³/mol. The SMILES string of the molecule is CCN(CC(=O)NC)CC1CCCN1. The van der Waals surface area contributed by atoms with E-state index in [4.69, 9.17) is 0 Å². The van der Waals surface area contributed by atoms with E-state index in [1.54, 1.807) is 7.05 Å². The topological polar surface area (TPSA) is 44.4 Å². The average molecular weight is 199 g/mol. The van der Waals surface area contributed by atoms with Crippen molar-refractivity contribution in [2.45, 2.75) is 25.8 Å². The minimum absolute atomic E-state index is 0.102. The number of hydrogen-bond acceptors (Lipinski definition) is 3. The third-order valence-corrected chi connectivity index (χ3v) is 2.73. The lowest BCUT2D eigenvalue weighted by Gasteiger charge is -2.23. The normalized spacial score (nSPS) is 21.5. The first-order valence-corrected chi connectivity index (χ1v) is 5.42. The van der Waals surface area contributed by atoms with E-state index in [2.05, 4.69) is 22.5 Å². The van der Waals surface area contributed by atoms with Crippen LogP contribution in [0.2, 0.25) is 0 Å². The minimum atomic E-state index is 0.102. The number of nitrogens with zero attached hydrogens (tertiary/aromatic N) is 1. The minimum Gasteiger partial charge on any atom is -0.358 e. The Hall–Kier alpha value is -0.610. The predicted octanol–water partition coefficient (Wildman–Crippen LogP) is -0.194. The molecule has 0 bridgehead atoms. The fourth-order valence-electron chi connectivity index (χ4n) is 1.81. The second-order valence-electron chi connectivity index (χ2n) is 3.79. The van der Waals surface area contributed by atoms with Crippen molar-refractivity contribution in [1.82, 2.24) is 15.5 Å². The summed E-state index contributed by atoms with van der Waals surface area (Å²) in [5, 5.41) is 6.09. The molecular weight excluding hydrogens is 178 g/mol. The molecule has 4 nitrogen and oxygen atoms in total. The van der Waals surface area contributed by atoms with Crippen molar-refractivity contribution in [2.24, 2.45) is 0 Å². The number of rotatable bonds is 5. The highest BCUT2D eigenvalue weighted by Crippen LogP contribution is 2.06. The van der Waals surface area contributed by atoms with Gasteiger partial charge in [0, 0.05) is 19.6 Å². The maximum absolute atomic E-state index is 11.2. The summed E-state index contributed by atoms with van der Waals surface area (Å²) in [4.78, 5) is 13.4. The Morgan fingerprint density at radius 1 is 1.64 bits per heavy atom. The molecule has 1 heterocycles. The zero-order valence-corrected chi connectivity index (χ0v) is 9.18. The van der Waals surface area contributed by atoms with Crippen LogP contribution in [-0.4, -0.2) is 50.1 Å². The van der Waals surface area contributed by atoms with E-state index < -0.39 is 0 Å². The lowest BCUT2D eigenvalue weighted by atomic mass is 10.2. The standard InChI is InChI=1S/C10H21N3O/c1-3-13(8-10(14)11-2)7-9-5-4-6-12-9/h9,12H,3-8H2,1-2H3,(H,11,14). The molecule has 0 spiro atoms. The Kier molecular flexibility index (Phi) is 4.90. The summed E-state index contributed by atoms with van der Waals surface area (Å²) >= 11 is 0. The lowest BCUT2D eigenvalue weighted by Crippen LogP contribution is -2.42.